The van der Waals surface area contributed by atoms with Crippen molar-refractivity contribution in [2.45, 2.75) is 25.4 Å². The number of halogens is 1. The van der Waals surface area contributed by atoms with E-state index in [1.54, 1.807) is 36.9 Å². The van der Waals surface area contributed by atoms with E-state index in [0.29, 0.717) is 25.9 Å². The fraction of sp³-hybridized carbons (Fsp3) is 0.240. The topological polar surface area (TPSA) is 77.2 Å². The van der Waals surface area contributed by atoms with Crippen molar-refractivity contribution in [3.05, 3.63) is 105 Å². The molecule has 0 bridgehead atoms. The van der Waals surface area contributed by atoms with E-state index in [4.69, 9.17) is 4.74 Å². The number of hydrogen-bond acceptors (Lipinski definition) is 5. The minimum atomic E-state index is -0.987. The second kappa shape index (κ2) is 10.5. The summed E-state index contributed by atoms with van der Waals surface area (Å²) in [5.74, 6) is -1.27. The first-order chi connectivity index (χ1) is 16.0. The van der Waals surface area contributed by atoms with E-state index < -0.39 is 12.1 Å². The van der Waals surface area contributed by atoms with E-state index in [1.807, 2.05) is 29.1 Å². The van der Waals surface area contributed by atoms with Crippen molar-refractivity contribution in [1.82, 2.24) is 14.5 Å². The molecule has 2 heterocycles. The van der Waals surface area contributed by atoms with Crippen molar-refractivity contribution in [3.63, 3.8) is 0 Å². The van der Waals surface area contributed by atoms with E-state index >= 15 is 0 Å². The molecule has 0 spiro atoms. The van der Waals surface area contributed by atoms with Crippen LogP contribution in [0, 0.1) is 5.82 Å². The van der Waals surface area contributed by atoms with Gasteiger partial charge >= 0.3 is 5.97 Å². The Hall–Kier alpha value is -3.36. The van der Waals surface area contributed by atoms with E-state index in [0.717, 1.165) is 27.4 Å². The zero-order chi connectivity index (χ0) is 23.2. The average molecular weight is 466 g/mol. The smallest absolute Gasteiger partial charge is 0.335 e. The van der Waals surface area contributed by atoms with Crippen molar-refractivity contribution < 1.29 is 19.0 Å². The largest absolute Gasteiger partial charge is 0.478 e. The number of aromatic nitrogens is 3. The number of carboxylic acids is 1. The zero-order valence-electron chi connectivity index (χ0n) is 18.1. The van der Waals surface area contributed by atoms with E-state index in [2.05, 4.69) is 9.97 Å². The van der Waals surface area contributed by atoms with Crippen LogP contribution in [-0.4, -0.2) is 32.2 Å². The molecule has 1 atom stereocenters. The predicted molar refractivity (Wildman–Crippen MR) is 124 cm³/mol. The summed E-state index contributed by atoms with van der Waals surface area (Å²) in [4.78, 5) is 20.6. The Morgan fingerprint density at radius 2 is 2.00 bits per heavy atom. The van der Waals surface area contributed by atoms with Crippen molar-refractivity contribution >= 4 is 17.3 Å². The molecule has 1 N–H and O–H groups in total. The lowest BCUT2D eigenvalue weighted by Gasteiger charge is -2.18. The Morgan fingerprint density at radius 3 is 2.67 bits per heavy atom. The molecule has 0 radical (unpaired) electrons. The maximum atomic E-state index is 13.1. The van der Waals surface area contributed by atoms with Gasteiger partial charge in [-0.05, 0) is 47.7 Å². The molecule has 0 aliphatic heterocycles. The van der Waals surface area contributed by atoms with Gasteiger partial charge in [-0.15, -0.1) is 11.3 Å². The molecule has 0 aliphatic carbocycles. The third-order valence-corrected chi connectivity index (χ3v) is 6.32. The van der Waals surface area contributed by atoms with Gasteiger partial charge in [-0.3, -0.25) is 0 Å². The number of carbonyl (C=O) groups is 1. The van der Waals surface area contributed by atoms with Gasteiger partial charge in [0.05, 0.1) is 18.5 Å². The van der Waals surface area contributed by atoms with Gasteiger partial charge in [-0.25, -0.2) is 19.2 Å². The lowest BCUT2D eigenvalue weighted by atomic mass is 9.96. The fourth-order valence-electron chi connectivity index (χ4n) is 3.69. The molecule has 4 rings (SSSR count). The molecule has 0 saturated heterocycles. The third kappa shape index (κ3) is 5.71. The first-order valence-corrected chi connectivity index (χ1v) is 11.5. The molecule has 6 nitrogen and oxygen atoms in total. The molecular weight excluding hydrogens is 441 g/mol. The third-order valence-electron chi connectivity index (χ3n) is 5.50. The summed E-state index contributed by atoms with van der Waals surface area (Å²) < 4.78 is 21.3. The highest BCUT2D eigenvalue weighted by Gasteiger charge is 2.21. The second-order valence-corrected chi connectivity index (χ2v) is 8.64. The molecule has 0 fully saturated rings. The van der Waals surface area contributed by atoms with Crippen LogP contribution in [0.25, 0.3) is 0 Å². The summed E-state index contributed by atoms with van der Waals surface area (Å²) in [6, 6.07) is 11.7. The Balaban J connectivity index is 1.53. The van der Waals surface area contributed by atoms with Gasteiger partial charge in [0.1, 0.15) is 16.9 Å². The van der Waals surface area contributed by atoms with Crippen LogP contribution in [0.15, 0.2) is 66.6 Å². The molecule has 33 heavy (non-hydrogen) atoms. The normalized spacial score (nSPS) is 12.1. The van der Waals surface area contributed by atoms with Gasteiger partial charge < -0.3 is 14.4 Å². The molecule has 2 aromatic carbocycles. The number of thiazole rings is 1. The number of carboxylic acid groups (broad SMARTS) is 1. The minimum absolute atomic E-state index is 0.242. The summed E-state index contributed by atoms with van der Waals surface area (Å²) in [7, 11) is 1.93. The van der Waals surface area contributed by atoms with Crippen LogP contribution in [0.3, 0.4) is 0 Å². The van der Waals surface area contributed by atoms with Crippen molar-refractivity contribution in [3.8, 4) is 0 Å². The van der Waals surface area contributed by atoms with Crippen LogP contribution in [0.5, 0.6) is 0 Å². The Labute approximate surface area is 195 Å². The van der Waals surface area contributed by atoms with E-state index in [1.165, 1.54) is 23.5 Å². The van der Waals surface area contributed by atoms with Crippen LogP contribution in [0.4, 0.5) is 4.39 Å². The summed E-state index contributed by atoms with van der Waals surface area (Å²) in [6.45, 7) is 0.443. The summed E-state index contributed by atoms with van der Waals surface area (Å²) in [5.41, 5.74) is 3.72. The number of hydrogen-bond donors (Lipinski definition) is 1. The van der Waals surface area contributed by atoms with Gasteiger partial charge in [0, 0.05) is 36.9 Å². The quantitative estimate of drug-likeness (QED) is 0.362. The zero-order valence-corrected chi connectivity index (χ0v) is 19.0. The number of imidazole rings is 1. The van der Waals surface area contributed by atoms with Crippen LogP contribution in [0.2, 0.25) is 0 Å². The Morgan fingerprint density at radius 1 is 1.18 bits per heavy atom. The van der Waals surface area contributed by atoms with Crippen LogP contribution >= 0.6 is 11.3 Å². The lowest BCUT2D eigenvalue weighted by molar-refractivity contribution is 0.0693. The van der Waals surface area contributed by atoms with Crippen molar-refractivity contribution in [1.29, 1.82) is 0 Å². The van der Waals surface area contributed by atoms with Gasteiger partial charge in [-0.2, -0.15) is 0 Å². The van der Waals surface area contributed by atoms with Gasteiger partial charge in [0.25, 0.3) is 0 Å². The van der Waals surface area contributed by atoms with Crippen molar-refractivity contribution in [2.24, 2.45) is 7.05 Å². The molecule has 0 aliphatic rings. The highest BCUT2D eigenvalue weighted by atomic mass is 32.1. The number of rotatable bonds is 10. The van der Waals surface area contributed by atoms with Crippen molar-refractivity contribution in [2.75, 3.05) is 6.61 Å². The number of benzene rings is 2. The number of nitrogens with zero attached hydrogens (tertiary/aromatic N) is 3. The van der Waals surface area contributed by atoms with Crippen LogP contribution in [-0.2, 0) is 31.0 Å². The molecule has 1 unspecified atom stereocenters. The fourth-order valence-corrected chi connectivity index (χ4v) is 4.40. The summed E-state index contributed by atoms with van der Waals surface area (Å²) in [6.07, 6.45) is 6.65. The van der Waals surface area contributed by atoms with Gasteiger partial charge in [-0.1, -0.05) is 24.3 Å². The van der Waals surface area contributed by atoms with E-state index in [9.17, 15) is 14.3 Å². The van der Waals surface area contributed by atoms with Gasteiger partial charge in [0.15, 0.2) is 0 Å². The Kier molecular flexibility index (Phi) is 7.26. The maximum Gasteiger partial charge on any atom is 0.335 e. The second-order valence-electron chi connectivity index (χ2n) is 7.72. The average Bonchev–Trinajstić information content (AvgIpc) is 3.48. The lowest BCUT2D eigenvalue weighted by Crippen LogP contribution is -2.12. The molecule has 4 aromatic rings. The standard InChI is InChI=1S/C25H24FN3O3S/c1-29-16-27-15-21(29)10-12-32-23(24-28-11-13-33-24)19-7-6-18(22(14-19)25(30)31)5-2-17-3-8-20(26)9-4-17/h3-4,6-9,11,13-16,23H,2,5,10,12H2,1H3,(H,30,31). The summed E-state index contributed by atoms with van der Waals surface area (Å²) in [5, 5.41) is 12.5. The maximum absolute atomic E-state index is 13.1. The molecule has 0 amide bonds. The van der Waals surface area contributed by atoms with Gasteiger partial charge in [0.2, 0.25) is 0 Å². The first kappa shape index (κ1) is 22.8. The van der Waals surface area contributed by atoms with Crippen LogP contribution in [0.1, 0.15) is 43.9 Å². The Bertz CT molecular complexity index is 1210. The molecule has 2 aromatic heterocycles. The number of aryl methyl sites for hydroxylation is 3. The molecule has 8 heteroatoms. The SMILES string of the molecule is Cn1cncc1CCOC(c1ccc(CCc2ccc(F)cc2)c(C(=O)O)c1)c1nccs1. The minimum Gasteiger partial charge on any atom is -0.478 e. The number of aromatic carboxylic acids is 1. The molecule has 0 saturated carbocycles. The van der Waals surface area contributed by atoms with E-state index in [-0.39, 0.29) is 11.4 Å². The number of ether oxygens (including phenoxy) is 1. The molecule has 170 valence electrons. The predicted octanol–water partition coefficient (Wildman–Crippen LogP) is 4.85. The first-order valence-electron chi connectivity index (χ1n) is 10.6. The van der Waals surface area contributed by atoms with Crippen LogP contribution < -0.4 is 0 Å². The monoisotopic (exact) mass is 465 g/mol. The highest BCUT2D eigenvalue weighted by Crippen LogP contribution is 2.30. The summed E-state index contributed by atoms with van der Waals surface area (Å²) >= 11 is 1.47. The highest BCUT2D eigenvalue weighted by molar-refractivity contribution is 7.09. The molecular formula is C25H24FN3O3S.